The highest BCUT2D eigenvalue weighted by atomic mass is 32.2. The molecule has 0 radical (unpaired) electrons. The average molecular weight is 406 g/mol. The molecule has 2 aromatic heterocycles. The number of benzene rings is 2. The number of rotatable bonds is 7. The number of carbonyl (C=O) groups is 1. The molecule has 0 unspecified atom stereocenters. The Bertz CT molecular complexity index is 1250. The second-order valence-corrected chi connectivity index (χ2v) is 7.25. The number of carbonyl (C=O) groups excluding carboxylic acids is 1. The molecule has 4 rings (SSSR count). The van der Waals surface area contributed by atoms with Crippen LogP contribution < -0.4 is 5.56 Å². The lowest BCUT2D eigenvalue weighted by Crippen LogP contribution is -2.22. The van der Waals surface area contributed by atoms with Gasteiger partial charge in [-0.2, -0.15) is 0 Å². The zero-order chi connectivity index (χ0) is 20.2. The molecule has 0 N–H and O–H groups in total. The monoisotopic (exact) mass is 406 g/mol. The molecule has 0 aliphatic carbocycles. The van der Waals surface area contributed by atoms with E-state index in [0.717, 1.165) is 5.52 Å². The van der Waals surface area contributed by atoms with Crippen LogP contribution in [0.4, 0.5) is 0 Å². The summed E-state index contributed by atoms with van der Waals surface area (Å²) in [6.07, 6.45) is 1.65. The molecule has 2 heterocycles. The fraction of sp³-hybridized carbons (Fsp3) is 0.143. The minimum absolute atomic E-state index is 0.131. The molecule has 0 atom stereocenters. The van der Waals surface area contributed by atoms with Crippen molar-refractivity contribution in [3.8, 4) is 0 Å². The second kappa shape index (κ2) is 8.32. The van der Waals surface area contributed by atoms with E-state index in [1.54, 1.807) is 41.0 Å². The van der Waals surface area contributed by atoms with Gasteiger partial charge >= 0.3 is 5.97 Å². The summed E-state index contributed by atoms with van der Waals surface area (Å²) in [5, 5.41) is 9.67. The molecule has 0 aliphatic heterocycles. The van der Waals surface area contributed by atoms with Crippen LogP contribution in [0.3, 0.4) is 0 Å². The first-order valence-electron chi connectivity index (χ1n) is 9.03. The Morgan fingerprint density at radius 1 is 1.10 bits per heavy atom. The number of para-hydroxylation sites is 1. The summed E-state index contributed by atoms with van der Waals surface area (Å²) < 4.78 is 8.72. The van der Waals surface area contributed by atoms with E-state index in [2.05, 4.69) is 16.8 Å². The highest BCUT2D eigenvalue weighted by Crippen LogP contribution is 2.21. The van der Waals surface area contributed by atoms with Crippen molar-refractivity contribution in [1.82, 2.24) is 19.2 Å². The molecule has 146 valence electrons. The van der Waals surface area contributed by atoms with Crippen LogP contribution in [0.15, 0.2) is 77.2 Å². The topological polar surface area (TPSA) is 78.5 Å². The van der Waals surface area contributed by atoms with Gasteiger partial charge in [0, 0.05) is 12.3 Å². The van der Waals surface area contributed by atoms with Gasteiger partial charge < -0.3 is 4.74 Å². The first-order valence-corrected chi connectivity index (χ1v) is 10.0. The molecule has 7 nitrogen and oxygen atoms in total. The summed E-state index contributed by atoms with van der Waals surface area (Å²) in [7, 11) is 0. The fourth-order valence-electron chi connectivity index (χ4n) is 3.05. The highest BCUT2D eigenvalue weighted by Gasteiger charge is 2.16. The summed E-state index contributed by atoms with van der Waals surface area (Å²) in [5.74, 6) is 0.605. The lowest BCUT2D eigenvalue weighted by molar-refractivity contribution is 0.0530. The molecule has 0 saturated heterocycles. The molecule has 0 bridgehead atoms. The van der Waals surface area contributed by atoms with E-state index in [4.69, 9.17) is 4.74 Å². The molecular weight excluding hydrogens is 388 g/mol. The number of aromatic nitrogens is 4. The Labute approximate surface area is 170 Å². The Hall–Kier alpha value is -3.39. The molecule has 2 aromatic carbocycles. The van der Waals surface area contributed by atoms with E-state index < -0.39 is 0 Å². The first-order chi connectivity index (χ1) is 14.2. The van der Waals surface area contributed by atoms with Crippen molar-refractivity contribution in [3.63, 3.8) is 0 Å². The smallest absolute Gasteiger partial charge is 0.338 e. The van der Waals surface area contributed by atoms with Crippen LogP contribution in [-0.4, -0.2) is 37.5 Å². The van der Waals surface area contributed by atoms with Crippen molar-refractivity contribution >= 4 is 34.4 Å². The van der Waals surface area contributed by atoms with E-state index >= 15 is 0 Å². The zero-order valence-electron chi connectivity index (χ0n) is 15.5. The normalized spacial score (nSPS) is 11.0. The van der Waals surface area contributed by atoms with E-state index in [1.165, 1.54) is 11.8 Å². The van der Waals surface area contributed by atoms with Crippen molar-refractivity contribution in [2.45, 2.75) is 11.7 Å². The minimum Gasteiger partial charge on any atom is -0.461 e. The number of hydrogen-bond donors (Lipinski definition) is 0. The molecule has 0 spiro atoms. The number of allylic oxidation sites excluding steroid dienone is 1. The molecule has 8 heteroatoms. The van der Waals surface area contributed by atoms with Gasteiger partial charge in [-0.1, -0.05) is 48.2 Å². The van der Waals surface area contributed by atoms with Crippen molar-refractivity contribution in [1.29, 1.82) is 0 Å². The molecule has 4 aromatic rings. The van der Waals surface area contributed by atoms with Crippen LogP contribution in [0.1, 0.15) is 10.4 Å². The molecule has 0 aliphatic rings. The lowest BCUT2D eigenvalue weighted by Gasteiger charge is -2.09. The molecule has 0 saturated carbocycles. The lowest BCUT2D eigenvalue weighted by atomic mass is 10.2. The second-order valence-electron chi connectivity index (χ2n) is 6.19. The Morgan fingerprint density at radius 2 is 1.86 bits per heavy atom. The summed E-state index contributed by atoms with van der Waals surface area (Å²) >= 11 is 1.41. The number of thioether (sulfide) groups is 1. The third-order valence-corrected chi connectivity index (χ3v) is 5.24. The maximum absolute atomic E-state index is 12.8. The predicted molar refractivity (Wildman–Crippen MR) is 112 cm³/mol. The predicted octanol–water partition coefficient (Wildman–Crippen LogP) is 3.18. The van der Waals surface area contributed by atoms with Crippen molar-refractivity contribution in [3.05, 3.63) is 83.2 Å². The van der Waals surface area contributed by atoms with Gasteiger partial charge in [-0.25, -0.2) is 4.79 Å². The fourth-order valence-corrected chi connectivity index (χ4v) is 3.80. The van der Waals surface area contributed by atoms with Gasteiger partial charge in [0.1, 0.15) is 6.61 Å². The van der Waals surface area contributed by atoms with Crippen LogP contribution in [0.25, 0.3) is 16.7 Å². The van der Waals surface area contributed by atoms with Gasteiger partial charge in [0.15, 0.2) is 5.16 Å². The molecule has 29 heavy (non-hydrogen) atoms. The third-order valence-electron chi connectivity index (χ3n) is 4.35. The third kappa shape index (κ3) is 3.66. The van der Waals surface area contributed by atoms with Gasteiger partial charge in [0.25, 0.3) is 5.56 Å². The van der Waals surface area contributed by atoms with E-state index in [1.807, 2.05) is 28.7 Å². The van der Waals surface area contributed by atoms with Gasteiger partial charge in [0.2, 0.25) is 5.78 Å². The van der Waals surface area contributed by atoms with Gasteiger partial charge in [-0.15, -0.1) is 16.8 Å². The van der Waals surface area contributed by atoms with Crippen LogP contribution in [0.2, 0.25) is 0 Å². The SMILES string of the molecule is C=CCn1c(=O)c2ccccc2n2c(SCCOC(=O)c3ccccc3)nnc12. The zero-order valence-corrected chi connectivity index (χ0v) is 16.3. The van der Waals surface area contributed by atoms with Crippen LogP contribution in [-0.2, 0) is 11.3 Å². The summed E-state index contributed by atoms with van der Waals surface area (Å²) in [6.45, 7) is 4.29. The Balaban J connectivity index is 1.58. The van der Waals surface area contributed by atoms with Crippen LogP contribution >= 0.6 is 11.8 Å². The van der Waals surface area contributed by atoms with Gasteiger partial charge in [0.05, 0.1) is 16.5 Å². The van der Waals surface area contributed by atoms with E-state index in [9.17, 15) is 9.59 Å². The van der Waals surface area contributed by atoms with Crippen molar-refractivity contribution < 1.29 is 9.53 Å². The quantitative estimate of drug-likeness (QED) is 0.203. The number of ether oxygens (including phenoxy) is 1. The van der Waals surface area contributed by atoms with Crippen molar-refractivity contribution in [2.24, 2.45) is 0 Å². The average Bonchev–Trinajstić information content (AvgIpc) is 3.18. The minimum atomic E-state index is -0.359. The first kappa shape index (κ1) is 18.9. The summed E-state index contributed by atoms with van der Waals surface area (Å²) in [5.41, 5.74) is 1.13. The Kier molecular flexibility index (Phi) is 5.44. The van der Waals surface area contributed by atoms with Crippen LogP contribution in [0.5, 0.6) is 0 Å². The number of hydrogen-bond acceptors (Lipinski definition) is 6. The van der Waals surface area contributed by atoms with Crippen LogP contribution in [0, 0.1) is 0 Å². The number of esters is 1. The maximum atomic E-state index is 12.8. The maximum Gasteiger partial charge on any atom is 0.338 e. The van der Waals surface area contributed by atoms with E-state index in [-0.39, 0.29) is 18.1 Å². The number of fused-ring (bicyclic) bond motifs is 3. The largest absolute Gasteiger partial charge is 0.461 e. The highest BCUT2D eigenvalue weighted by molar-refractivity contribution is 7.99. The summed E-state index contributed by atoms with van der Waals surface area (Å²) in [6, 6.07) is 16.2. The molecular formula is C21H18N4O3S. The molecule has 0 fully saturated rings. The Morgan fingerprint density at radius 3 is 2.66 bits per heavy atom. The van der Waals surface area contributed by atoms with E-state index in [0.29, 0.717) is 34.2 Å². The van der Waals surface area contributed by atoms with Gasteiger partial charge in [-0.05, 0) is 24.3 Å². The van der Waals surface area contributed by atoms with Gasteiger partial charge in [-0.3, -0.25) is 13.8 Å². The van der Waals surface area contributed by atoms with Crippen molar-refractivity contribution in [2.75, 3.05) is 12.4 Å². The summed E-state index contributed by atoms with van der Waals surface area (Å²) in [4.78, 5) is 24.8. The number of nitrogens with zero attached hydrogens (tertiary/aromatic N) is 4. The standard InChI is InChI=1S/C21H18N4O3S/c1-2-12-24-18(26)16-10-6-7-11-17(16)25-20(24)22-23-21(25)29-14-13-28-19(27)15-8-4-3-5-9-15/h2-11H,1,12-14H2. The molecule has 0 amide bonds.